The second kappa shape index (κ2) is 9.21. The molecule has 2 aromatic carbocycles. The average molecular weight is 395 g/mol. The van der Waals surface area contributed by atoms with Gasteiger partial charge in [0.1, 0.15) is 0 Å². The maximum atomic E-state index is 9.49. The molecule has 28 heavy (non-hydrogen) atoms. The van der Waals surface area contributed by atoms with E-state index in [9.17, 15) is 5.11 Å². The van der Waals surface area contributed by atoms with Gasteiger partial charge in [-0.05, 0) is 46.5 Å². The van der Waals surface area contributed by atoms with Crippen molar-refractivity contribution in [3.05, 3.63) is 72.8 Å². The Hall–Kier alpha value is -1.68. The van der Waals surface area contributed by atoms with Crippen molar-refractivity contribution in [2.45, 2.75) is 45.1 Å². The van der Waals surface area contributed by atoms with E-state index in [2.05, 4.69) is 93.6 Å². The van der Waals surface area contributed by atoms with Crippen LogP contribution in [0.1, 0.15) is 40.0 Å². The zero-order valence-corrected chi connectivity index (χ0v) is 18.5. The monoisotopic (exact) mass is 394 g/mol. The summed E-state index contributed by atoms with van der Waals surface area (Å²) in [5, 5.41) is 12.2. The predicted octanol–water partition coefficient (Wildman–Crippen LogP) is 4.53. The molecule has 1 N–H and O–H groups in total. The van der Waals surface area contributed by atoms with Gasteiger partial charge < -0.3 is 9.53 Å². The lowest BCUT2D eigenvalue weighted by molar-refractivity contribution is 0.152. The van der Waals surface area contributed by atoms with Crippen molar-refractivity contribution in [3.8, 4) is 0 Å². The molecule has 0 heterocycles. The number of rotatable bonds is 7. The largest absolute Gasteiger partial charge is 0.407 e. The highest BCUT2D eigenvalue weighted by atomic mass is 28.4. The van der Waals surface area contributed by atoms with Crippen LogP contribution >= 0.6 is 0 Å². The Morgan fingerprint density at radius 2 is 1.36 bits per heavy atom. The van der Waals surface area contributed by atoms with E-state index in [1.165, 1.54) is 10.4 Å². The molecule has 3 heteroatoms. The summed E-state index contributed by atoms with van der Waals surface area (Å²) in [6, 6.07) is 21.7. The smallest absolute Gasteiger partial charge is 0.261 e. The highest BCUT2D eigenvalue weighted by Crippen LogP contribution is 2.38. The average Bonchev–Trinajstić information content (AvgIpc) is 2.70. The molecule has 0 aromatic heterocycles. The van der Waals surface area contributed by atoms with E-state index in [0.29, 0.717) is 11.8 Å². The maximum absolute atomic E-state index is 9.49. The lowest BCUT2D eigenvalue weighted by Gasteiger charge is -2.44. The molecule has 150 valence electrons. The van der Waals surface area contributed by atoms with Crippen LogP contribution in [0.2, 0.25) is 5.04 Å². The second-order valence-corrected chi connectivity index (χ2v) is 13.3. The number of hydrogen-bond donors (Lipinski definition) is 1. The van der Waals surface area contributed by atoms with Crippen molar-refractivity contribution in [3.63, 3.8) is 0 Å². The first-order chi connectivity index (χ1) is 13.5. The Bertz CT molecular complexity index is 710. The lowest BCUT2D eigenvalue weighted by atomic mass is 9.82. The Morgan fingerprint density at radius 1 is 0.857 bits per heavy atom. The van der Waals surface area contributed by atoms with Crippen LogP contribution in [0.15, 0.2) is 72.8 Å². The normalized spacial score (nSPS) is 20.3. The Balaban J connectivity index is 2.00. The van der Waals surface area contributed by atoms with Gasteiger partial charge in [0, 0.05) is 13.2 Å². The summed E-state index contributed by atoms with van der Waals surface area (Å²) in [4.78, 5) is 0. The number of aliphatic hydroxyl groups excluding tert-OH is 1. The first-order valence-corrected chi connectivity index (χ1v) is 12.4. The van der Waals surface area contributed by atoms with Gasteiger partial charge in [-0.2, -0.15) is 0 Å². The van der Waals surface area contributed by atoms with Gasteiger partial charge in [0.2, 0.25) is 0 Å². The number of aliphatic hydroxyl groups is 1. The molecule has 1 aliphatic carbocycles. The van der Waals surface area contributed by atoms with Gasteiger partial charge in [0.05, 0.1) is 0 Å². The first-order valence-electron chi connectivity index (χ1n) is 10.5. The number of allylic oxidation sites excluding steroid dienone is 2. The SMILES string of the molecule is CC(C)(C)[Si](OC[C@@H]1CC=CC[C@@H]1CCO)(c1ccccc1)c1ccccc1. The van der Waals surface area contributed by atoms with Crippen molar-refractivity contribution in [1.82, 2.24) is 0 Å². The van der Waals surface area contributed by atoms with Gasteiger partial charge >= 0.3 is 0 Å². The number of benzene rings is 2. The fourth-order valence-corrected chi connectivity index (χ4v) is 9.26. The molecule has 0 bridgehead atoms. The molecule has 2 nitrogen and oxygen atoms in total. The fraction of sp³-hybridized carbons (Fsp3) is 0.440. The minimum absolute atomic E-state index is 0.00663. The summed E-state index contributed by atoms with van der Waals surface area (Å²) < 4.78 is 7.11. The van der Waals surface area contributed by atoms with E-state index in [4.69, 9.17) is 4.43 Å². The van der Waals surface area contributed by atoms with Crippen molar-refractivity contribution >= 4 is 18.7 Å². The van der Waals surface area contributed by atoms with Crippen LogP contribution in [0.5, 0.6) is 0 Å². The van der Waals surface area contributed by atoms with E-state index >= 15 is 0 Å². The standard InChI is InChI=1S/C25H34O2Si/c1-25(2,3)28(23-14-6-4-7-15-23,24-16-8-5-9-17-24)27-20-22-13-11-10-12-21(22)18-19-26/h4-11,14-17,21-22,26H,12-13,18-20H2,1-3H3/t21-,22+/m1/s1. The summed E-state index contributed by atoms with van der Waals surface area (Å²) >= 11 is 0. The lowest BCUT2D eigenvalue weighted by Crippen LogP contribution is -2.67. The predicted molar refractivity (Wildman–Crippen MR) is 121 cm³/mol. The molecule has 0 aliphatic heterocycles. The van der Waals surface area contributed by atoms with Crippen LogP contribution in [0.3, 0.4) is 0 Å². The van der Waals surface area contributed by atoms with E-state index in [1.807, 2.05) is 0 Å². The summed E-state index contributed by atoms with van der Waals surface area (Å²) in [5.74, 6) is 0.979. The molecule has 2 aromatic rings. The van der Waals surface area contributed by atoms with Crippen molar-refractivity contribution in [1.29, 1.82) is 0 Å². The molecule has 0 spiro atoms. The van der Waals surface area contributed by atoms with Gasteiger partial charge in [0.15, 0.2) is 0 Å². The molecule has 0 saturated carbocycles. The summed E-state index contributed by atoms with van der Waals surface area (Å²) in [5.41, 5.74) is 0. The van der Waals surface area contributed by atoms with Gasteiger partial charge in [0.25, 0.3) is 8.32 Å². The molecular weight excluding hydrogens is 360 g/mol. The molecular formula is C25H34O2Si. The Kier molecular flexibility index (Phi) is 6.92. The Morgan fingerprint density at radius 3 is 1.82 bits per heavy atom. The van der Waals surface area contributed by atoms with E-state index < -0.39 is 8.32 Å². The quantitative estimate of drug-likeness (QED) is 0.552. The fourth-order valence-electron chi connectivity index (χ4n) is 4.64. The molecule has 2 atom stereocenters. The zero-order valence-electron chi connectivity index (χ0n) is 17.5. The second-order valence-electron chi connectivity index (χ2n) is 8.95. The van der Waals surface area contributed by atoms with Crippen molar-refractivity contribution < 1.29 is 9.53 Å². The molecule has 0 radical (unpaired) electrons. The minimum Gasteiger partial charge on any atom is -0.407 e. The molecule has 0 saturated heterocycles. The zero-order chi connectivity index (χ0) is 20.0. The van der Waals surface area contributed by atoms with Crippen LogP contribution in [0, 0.1) is 11.8 Å². The molecule has 1 aliphatic rings. The van der Waals surface area contributed by atoms with Crippen LogP contribution < -0.4 is 10.4 Å². The summed E-state index contributed by atoms with van der Waals surface area (Å²) in [6.07, 6.45) is 7.50. The van der Waals surface area contributed by atoms with Crippen LogP contribution in [-0.4, -0.2) is 26.6 Å². The van der Waals surface area contributed by atoms with Gasteiger partial charge in [-0.15, -0.1) is 0 Å². The maximum Gasteiger partial charge on any atom is 0.261 e. The van der Waals surface area contributed by atoms with Crippen LogP contribution in [0.4, 0.5) is 0 Å². The van der Waals surface area contributed by atoms with Crippen LogP contribution in [0.25, 0.3) is 0 Å². The topological polar surface area (TPSA) is 29.5 Å². The Labute approximate surface area is 171 Å². The third kappa shape index (κ3) is 4.32. The molecule has 3 rings (SSSR count). The van der Waals surface area contributed by atoms with Crippen molar-refractivity contribution in [2.24, 2.45) is 11.8 Å². The summed E-state index contributed by atoms with van der Waals surface area (Å²) in [7, 11) is -2.47. The van der Waals surface area contributed by atoms with Crippen LogP contribution in [-0.2, 0) is 4.43 Å². The van der Waals surface area contributed by atoms with E-state index in [-0.39, 0.29) is 11.6 Å². The summed E-state index contributed by atoms with van der Waals surface area (Å²) in [6.45, 7) is 7.98. The van der Waals surface area contributed by atoms with Gasteiger partial charge in [-0.3, -0.25) is 0 Å². The third-order valence-corrected chi connectivity index (χ3v) is 11.1. The first kappa shape index (κ1) is 21.0. The molecule has 0 unspecified atom stereocenters. The van der Waals surface area contributed by atoms with Gasteiger partial charge in [-0.1, -0.05) is 93.6 Å². The van der Waals surface area contributed by atoms with E-state index in [0.717, 1.165) is 25.9 Å². The van der Waals surface area contributed by atoms with E-state index in [1.54, 1.807) is 0 Å². The molecule has 0 fully saturated rings. The third-order valence-electron chi connectivity index (χ3n) is 6.14. The van der Waals surface area contributed by atoms with Crippen molar-refractivity contribution in [2.75, 3.05) is 13.2 Å². The molecule has 0 amide bonds. The van der Waals surface area contributed by atoms with Gasteiger partial charge in [-0.25, -0.2) is 0 Å². The minimum atomic E-state index is -2.47. The number of hydrogen-bond acceptors (Lipinski definition) is 2. The highest BCUT2D eigenvalue weighted by molar-refractivity contribution is 6.99. The highest BCUT2D eigenvalue weighted by Gasteiger charge is 2.50.